The summed E-state index contributed by atoms with van der Waals surface area (Å²) < 4.78 is 30.3. The number of rotatable bonds is 56. The van der Waals surface area contributed by atoms with Gasteiger partial charge in [-0.1, -0.05) is 257 Å². The predicted octanol–water partition coefficient (Wildman–Crippen LogP) is 19.6. The summed E-state index contributed by atoms with van der Waals surface area (Å²) in [5.74, 6) is -0.658. The Morgan fingerprint density at radius 3 is 1.21 bits per heavy atom. The van der Waals surface area contributed by atoms with E-state index < -0.39 is 26.6 Å². The third-order valence-corrected chi connectivity index (χ3v) is 14.2. The van der Waals surface area contributed by atoms with Crippen molar-refractivity contribution < 1.29 is 37.3 Å². The van der Waals surface area contributed by atoms with E-state index in [1.165, 1.54) is 77.0 Å². The van der Waals surface area contributed by atoms with Gasteiger partial charge in [-0.2, -0.15) is 0 Å². The molecule has 0 saturated heterocycles. The fraction of sp³-hybridized carbons (Fsp3) is 0.634. The molecule has 460 valence electrons. The smallest absolute Gasteiger partial charge is 0.306 e. The van der Waals surface area contributed by atoms with E-state index >= 15 is 0 Å². The van der Waals surface area contributed by atoms with E-state index in [0.717, 1.165) is 116 Å². The molecule has 0 spiro atoms. The lowest BCUT2D eigenvalue weighted by Gasteiger charge is -2.30. The number of likely N-dealkylation sites (N-methyl/N-ethyl adjacent to an activating group) is 1. The number of esters is 1. The van der Waals surface area contributed by atoms with Crippen molar-refractivity contribution in [2.75, 3.05) is 40.9 Å². The number of carbonyl (C=O) groups is 2. The van der Waals surface area contributed by atoms with Crippen molar-refractivity contribution in [2.45, 2.75) is 251 Å². The number of amides is 1. The Morgan fingerprint density at radius 2 is 0.802 bits per heavy atom. The summed E-state index contributed by atoms with van der Waals surface area (Å²) in [6, 6.07) is -0.942. The Labute approximate surface area is 498 Å². The second-order valence-corrected chi connectivity index (χ2v) is 23.6. The molecule has 9 nitrogen and oxygen atoms in total. The molecule has 0 aliphatic rings. The lowest BCUT2D eigenvalue weighted by molar-refractivity contribution is -0.870. The van der Waals surface area contributed by atoms with Gasteiger partial charge < -0.3 is 28.5 Å². The number of phosphoric acid groups is 1. The first-order valence-electron chi connectivity index (χ1n) is 32.1. The van der Waals surface area contributed by atoms with Gasteiger partial charge in [0.05, 0.1) is 33.8 Å². The number of ether oxygens (including phenoxy) is 1. The third-order valence-electron chi connectivity index (χ3n) is 13.3. The molecular formula is C71H119N2O7P. The van der Waals surface area contributed by atoms with Gasteiger partial charge in [0.25, 0.3) is 7.82 Å². The Bertz CT molecular complexity index is 1890. The first kappa shape index (κ1) is 76.9. The molecule has 0 aromatic rings. The molecule has 0 bridgehead atoms. The van der Waals surface area contributed by atoms with Crippen molar-refractivity contribution in [2.24, 2.45) is 0 Å². The Hall–Kier alpha value is -4.11. The summed E-state index contributed by atoms with van der Waals surface area (Å²) in [5.41, 5.74) is 0. The maximum atomic E-state index is 13.5. The number of phosphoric ester groups is 1. The van der Waals surface area contributed by atoms with Crippen molar-refractivity contribution in [3.05, 3.63) is 146 Å². The zero-order chi connectivity index (χ0) is 59.3. The summed E-state index contributed by atoms with van der Waals surface area (Å²) in [4.78, 5) is 40.0. The van der Waals surface area contributed by atoms with Crippen LogP contribution in [0.1, 0.15) is 239 Å². The van der Waals surface area contributed by atoms with Gasteiger partial charge in [-0.05, 0) is 115 Å². The molecule has 3 atom stereocenters. The molecule has 0 radical (unpaired) electrons. The second-order valence-electron chi connectivity index (χ2n) is 22.1. The molecule has 3 unspecified atom stereocenters. The molecule has 0 rings (SSSR count). The van der Waals surface area contributed by atoms with Gasteiger partial charge in [-0.15, -0.1) is 0 Å². The minimum absolute atomic E-state index is 0.0448. The van der Waals surface area contributed by atoms with Crippen LogP contribution in [0.4, 0.5) is 0 Å². The molecule has 0 aromatic carbocycles. The zero-order valence-corrected chi connectivity index (χ0v) is 53.3. The predicted molar refractivity (Wildman–Crippen MR) is 348 cm³/mol. The molecule has 0 aromatic heterocycles. The molecule has 81 heavy (non-hydrogen) atoms. The van der Waals surface area contributed by atoms with E-state index in [0.29, 0.717) is 23.9 Å². The number of carbonyl (C=O) groups excluding carboxylic acids is 2. The summed E-state index contributed by atoms with van der Waals surface area (Å²) >= 11 is 0. The topological polar surface area (TPSA) is 114 Å². The highest BCUT2D eigenvalue weighted by Gasteiger charge is 2.27. The molecule has 1 amide bonds. The summed E-state index contributed by atoms with van der Waals surface area (Å²) in [6.07, 6.45) is 85.5. The maximum absolute atomic E-state index is 13.5. The normalized spacial score (nSPS) is 14.6. The number of allylic oxidation sites excluding steroid dienone is 23. The van der Waals surface area contributed by atoms with Gasteiger partial charge in [0.15, 0.2) is 0 Å². The minimum atomic E-state index is -4.73. The van der Waals surface area contributed by atoms with E-state index in [2.05, 4.69) is 148 Å². The number of nitrogens with zero attached hydrogens (tertiary/aromatic N) is 1. The van der Waals surface area contributed by atoms with Gasteiger partial charge in [-0.25, -0.2) is 0 Å². The fourth-order valence-electron chi connectivity index (χ4n) is 8.39. The summed E-state index contributed by atoms with van der Waals surface area (Å²) in [5, 5.41) is 2.97. The molecule has 0 heterocycles. The van der Waals surface area contributed by atoms with Gasteiger partial charge in [-0.3, -0.25) is 14.2 Å². The van der Waals surface area contributed by atoms with Gasteiger partial charge >= 0.3 is 5.97 Å². The van der Waals surface area contributed by atoms with Crippen LogP contribution in [-0.4, -0.2) is 69.4 Å². The van der Waals surface area contributed by atoms with Crippen LogP contribution in [0, 0.1) is 0 Å². The van der Waals surface area contributed by atoms with Crippen LogP contribution in [0.15, 0.2) is 146 Å². The highest BCUT2D eigenvalue weighted by Crippen LogP contribution is 2.38. The highest BCUT2D eigenvalue weighted by molar-refractivity contribution is 7.45. The van der Waals surface area contributed by atoms with Gasteiger partial charge in [0, 0.05) is 12.8 Å². The van der Waals surface area contributed by atoms with Crippen molar-refractivity contribution >= 4 is 19.7 Å². The van der Waals surface area contributed by atoms with Crippen LogP contribution in [0.3, 0.4) is 0 Å². The molecular weight excluding hydrogens is 1020 g/mol. The Morgan fingerprint density at radius 1 is 0.444 bits per heavy atom. The number of nitrogens with one attached hydrogen (secondary N) is 1. The lowest BCUT2D eigenvalue weighted by atomic mass is 10.0. The quantitative estimate of drug-likeness (QED) is 0.0212. The van der Waals surface area contributed by atoms with Crippen LogP contribution in [-0.2, 0) is 27.9 Å². The SMILES string of the molecule is CC/C=C\C/C=C\C/C=C\C/C=C\C/C=C\C/C=C\CCCCCCCCCCC(=O)OC(/C=C\CCCCCCCCCCCC)C(COP(=O)([O-])OCC[N+](C)(C)C)NC(=O)CC/C=C/C/C=C/C/C=C/C/C=C/C/C=C/CC. The van der Waals surface area contributed by atoms with Crippen LogP contribution in [0.5, 0.6) is 0 Å². The van der Waals surface area contributed by atoms with Crippen molar-refractivity contribution in [3.8, 4) is 0 Å². The first-order valence-corrected chi connectivity index (χ1v) is 33.6. The van der Waals surface area contributed by atoms with E-state index in [9.17, 15) is 19.0 Å². The fourth-order valence-corrected chi connectivity index (χ4v) is 9.12. The standard InChI is InChI=1S/C71H119N2O7P/c1-7-10-13-16-19-22-25-28-30-32-33-34-35-36-37-38-39-40-41-42-44-46-49-52-55-58-61-64-71(75)80-69(62-59-56-53-50-47-27-24-21-18-15-12-9-3)68(67-79-81(76,77)78-66-65-73(4,5)6)72-70(74)63-60-57-54-51-48-45-43-31-29-26-23-20-17-14-11-8-2/h10-11,13-14,19-20,22-23,28-31,33-34,36-37,39-40,45,48,54,57,59,62,68-69H,7-9,12,15-18,21,24-27,32,35,38,41-44,46-47,49-53,55-56,58,60-61,63-67H2,1-6H3,(H-,72,74,76,77)/b13-10-,14-11+,22-19-,23-20+,30-28-,31-29+,34-33-,37-36-,40-39-,48-45+,57-54+,62-59-. The van der Waals surface area contributed by atoms with E-state index in [1.807, 2.05) is 39.4 Å². The van der Waals surface area contributed by atoms with Gasteiger partial charge in [0.2, 0.25) is 5.91 Å². The van der Waals surface area contributed by atoms with Crippen LogP contribution in [0.2, 0.25) is 0 Å². The van der Waals surface area contributed by atoms with Crippen LogP contribution >= 0.6 is 7.82 Å². The lowest BCUT2D eigenvalue weighted by Crippen LogP contribution is -2.47. The number of hydrogen-bond donors (Lipinski definition) is 1. The Balaban J connectivity index is 5.24. The number of unbranched alkanes of at least 4 members (excludes halogenated alkanes) is 18. The molecule has 0 aliphatic heterocycles. The second kappa shape index (κ2) is 59.1. The number of hydrogen-bond acceptors (Lipinski definition) is 7. The van der Waals surface area contributed by atoms with E-state index in [1.54, 1.807) is 6.08 Å². The van der Waals surface area contributed by atoms with Crippen LogP contribution < -0.4 is 10.2 Å². The zero-order valence-electron chi connectivity index (χ0n) is 52.4. The van der Waals surface area contributed by atoms with Crippen molar-refractivity contribution in [3.63, 3.8) is 0 Å². The average Bonchev–Trinajstić information content (AvgIpc) is 3.44. The highest BCUT2D eigenvalue weighted by atomic mass is 31.2. The summed E-state index contributed by atoms with van der Waals surface area (Å²) in [7, 11) is 1.11. The number of quaternary nitrogens is 1. The van der Waals surface area contributed by atoms with E-state index in [4.69, 9.17) is 13.8 Å². The van der Waals surface area contributed by atoms with Crippen molar-refractivity contribution in [1.82, 2.24) is 5.32 Å². The third kappa shape index (κ3) is 60.3. The monoisotopic (exact) mass is 1140 g/mol. The largest absolute Gasteiger partial charge is 0.756 e. The molecule has 0 saturated carbocycles. The first-order chi connectivity index (χ1) is 39.4. The van der Waals surface area contributed by atoms with E-state index in [-0.39, 0.29) is 31.3 Å². The van der Waals surface area contributed by atoms with Gasteiger partial charge in [0.1, 0.15) is 19.3 Å². The molecule has 0 aliphatic carbocycles. The molecule has 1 N–H and O–H groups in total. The summed E-state index contributed by atoms with van der Waals surface area (Å²) in [6.45, 7) is 6.53. The van der Waals surface area contributed by atoms with Crippen molar-refractivity contribution in [1.29, 1.82) is 0 Å². The molecule has 0 fully saturated rings. The minimum Gasteiger partial charge on any atom is -0.756 e. The Kier molecular flexibility index (Phi) is 56.1. The maximum Gasteiger partial charge on any atom is 0.306 e. The average molecular weight is 1140 g/mol. The molecule has 10 heteroatoms. The van der Waals surface area contributed by atoms with Crippen LogP contribution in [0.25, 0.3) is 0 Å².